The van der Waals surface area contributed by atoms with Gasteiger partial charge in [-0.2, -0.15) is 0 Å². The van der Waals surface area contributed by atoms with Gasteiger partial charge in [0.2, 0.25) is 0 Å². The number of hydrogen-bond donors (Lipinski definition) is 0. The van der Waals surface area contributed by atoms with Crippen LogP contribution in [0.3, 0.4) is 0 Å². The Bertz CT molecular complexity index is 852. The third kappa shape index (κ3) is 3.18. The van der Waals surface area contributed by atoms with Crippen LogP contribution >= 0.6 is 0 Å². The molecule has 3 aromatic carbocycles. The van der Waals surface area contributed by atoms with E-state index in [-0.39, 0.29) is 0 Å². The van der Waals surface area contributed by atoms with Crippen LogP contribution in [0, 0.1) is 0 Å². The Labute approximate surface area is 142 Å². The van der Waals surface area contributed by atoms with E-state index in [9.17, 15) is 0 Å². The van der Waals surface area contributed by atoms with Gasteiger partial charge in [-0.15, -0.1) is 0 Å². The number of rotatable bonds is 4. The molecule has 0 N–H and O–H groups in total. The van der Waals surface area contributed by atoms with Crippen LogP contribution in [0.4, 0.5) is 0 Å². The molecule has 0 radical (unpaired) electrons. The SMILES string of the molecule is C(=C1/OCc2cc(OCc3ccccc3)ccc21)/c1ccccc1. The second-order valence-electron chi connectivity index (χ2n) is 5.80. The smallest absolute Gasteiger partial charge is 0.128 e. The first-order valence-electron chi connectivity index (χ1n) is 8.08. The molecule has 0 unspecified atom stereocenters. The average molecular weight is 314 g/mol. The normalized spacial score (nSPS) is 14.2. The van der Waals surface area contributed by atoms with E-state index < -0.39 is 0 Å². The molecule has 1 aliphatic rings. The Hall–Kier alpha value is -3.00. The molecule has 0 saturated heterocycles. The Morgan fingerprint density at radius 3 is 2.42 bits per heavy atom. The molecule has 2 heteroatoms. The summed E-state index contributed by atoms with van der Waals surface area (Å²) in [6.07, 6.45) is 2.08. The van der Waals surface area contributed by atoms with Crippen LogP contribution in [0.2, 0.25) is 0 Å². The van der Waals surface area contributed by atoms with Crippen LogP contribution in [0.5, 0.6) is 5.75 Å². The first-order chi connectivity index (χ1) is 11.9. The molecule has 1 aliphatic heterocycles. The van der Waals surface area contributed by atoms with Crippen molar-refractivity contribution in [1.29, 1.82) is 0 Å². The molecule has 3 aromatic rings. The van der Waals surface area contributed by atoms with Crippen molar-refractivity contribution in [3.63, 3.8) is 0 Å². The fourth-order valence-corrected chi connectivity index (χ4v) is 2.81. The highest BCUT2D eigenvalue weighted by atomic mass is 16.5. The van der Waals surface area contributed by atoms with Crippen LogP contribution in [-0.4, -0.2) is 0 Å². The molecule has 0 fully saturated rings. The maximum absolute atomic E-state index is 5.90. The van der Waals surface area contributed by atoms with E-state index in [0.717, 1.165) is 22.6 Å². The molecular formula is C22H18O2. The summed E-state index contributed by atoms with van der Waals surface area (Å²) in [7, 11) is 0. The zero-order valence-corrected chi connectivity index (χ0v) is 13.3. The molecule has 0 aromatic heterocycles. The van der Waals surface area contributed by atoms with Crippen molar-refractivity contribution in [3.8, 4) is 5.75 Å². The molecule has 0 saturated carbocycles. The third-order valence-electron chi connectivity index (χ3n) is 4.07. The standard InChI is InChI=1S/C22H18O2/c1-3-7-17(8-4-1)13-22-21-12-11-20(14-19(21)16-24-22)23-15-18-9-5-2-6-10-18/h1-14H,15-16H2/b22-13-. The first-order valence-corrected chi connectivity index (χ1v) is 8.08. The predicted molar refractivity (Wildman–Crippen MR) is 96.3 cm³/mol. The minimum absolute atomic E-state index is 0.577. The van der Waals surface area contributed by atoms with Crippen molar-refractivity contribution in [2.45, 2.75) is 13.2 Å². The molecule has 0 atom stereocenters. The minimum Gasteiger partial charge on any atom is -0.489 e. The van der Waals surface area contributed by atoms with Gasteiger partial charge in [0.25, 0.3) is 0 Å². The van der Waals surface area contributed by atoms with Gasteiger partial charge in [-0.1, -0.05) is 60.7 Å². The van der Waals surface area contributed by atoms with Gasteiger partial charge in [0.15, 0.2) is 0 Å². The van der Waals surface area contributed by atoms with Crippen molar-refractivity contribution in [2.75, 3.05) is 0 Å². The molecule has 24 heavy (non-hydrogen) atoms. The number of ether oxygens (including phenoxy) is 2. The maximum Gasteiger partial charge on any atom is 0.128 e. The lowest BCUT2D eigenvalue weighted by Gasteiger charge is -2.07. The summed E-state index contributed by atoms with van der Waals surface area (Å²) in [5, 5.41) is 0. The first kappa shape index (κ1) is 14.6. The summed E-state index contributed by atoms with van der Waals surface area (Å²) < 4.78 is 11.7. The van der Waals surface area contributed by atoms with E-state index in [4.69, 9.17) is 9.47 Å². The summed E-state index contributed by atoms with van der Waals surface area (Å²) in [6.45, 7) is 1.17. The van der Waals surface area contributed by atoms with Crippen LogP contribution in [0.15, 0.2) is 78.9 Å². The van der Waals surface area contributed by atoms with Gasteiger partial charge in [0, 0.05) is 11.1 Å². The lowest BCUT2D eigenvalue weighted by Crippen LogP contribution is -1.95. The molecule has 0 bridgehead atoms. The van der Waals surface area contributed by atoms with E-state index in [2.05, 4.69) is 42.5 Å². The highest BCUT2D eigenvalue weighted by Gasteiger charge is 2.18. The molecule has 4 rings (SSSR count). The van der Waals surface area contributed by atoms with Gasteiger partial charge in [-0.05, 0) is 35.4 Å². The van der Waals surface area contributed by atoms with Gasteiger partial charge in [-0.3, -0.25) is 0 Å². The van der Waals surface area contributed by atoms with E-state index >= 15 is 0 Å². The van der Waals surface area contributed by atoms with Crippen LogP contribution in [0.1, 0.15) is 22.3 Å². The summed E-state index contributed by atoms with van der Waals surface area (Å²) in [6, 6.07) is 26.6. The zero-order valence-electron chi connectivity index (χ0n) is 13.3. The Balaban J connectivity index is 1.51. The van der Waals surface area contributed by atoms with E-state index in [0.29, 0.717) is 13.2 Å². The maximum atomic E-state index is 5.90. The third-order valence-corrected chi connectivity index (χ3v) is 4.07. The number of benzene rings is 3. The average Bonchev–Trinajstić information content (AvgIpc) is 3.04. The van der Waals surface area contributed by atoms with Crippen LogP contribution in [-0.2, 0) is 18.0 Å². The lowest BCUT2D eigenvalue weighted by molar-refractivity contribution is 0.285. The van der Waals surface area contributed by atoms with Crippen LogP contribution in [0.25, 0.3) is 11.8 Å². The quantitative estimate of drug-likeness (QED) is 0.651. The van der Waals surface area contributed by atoms with Gasteiger partial charge in [-0.25, -0.2) is 0 Å². The molecule has 0 aliphatic carbocycles. The minimum atomic E-state index is 0.577. The topological polar surface area (TPSA) is 18.5 Å². The van der Waals surface area contributed by atoms with Crippen molar-refractivity contribution in [1.82, 2.24) is 0 Å². The fraction of sp³-hybridized carbons (Fsp3) is 0.0909. The van der Waals surface area contributed by atoms with Gasteiger partial charge >= 0.3 is 0 Å². The monoisotopic (exact) mass is 314 g/mol. The largest absolute Gasteiger partial charge is 0.489 e. The van der Waals surface area contributed by atoms with Gasteiger partial charge < -0.3 is 9.47 Å². The fourth-order valence-electron chi connectivity index (χ4n) is 2.81. The van der Waals surface area contributed by atoms with E-state index in [1.165, 1.54) is 11.1 Å². The molecule has 1 heterocycles. The summed E-state index contributed by atoms with van der Waals surface area (Å²) in [5.74, 6) is 1.80. The van der Waals surface area contributed by atoms with E-state index in [1.54, 1.807) is 0 Å². The lowest BCUT2D eigenvalue weighted by atomic mass is 10.1. The zero-order chi connectivity index (χ0) is 16.2. The van der Waals surface area contributed by atoms with Crippen LogP contribution < -0.4 is 4.74 Å². The van der Waals surface area contributed by atoms with Gasteiger partial charge in [0.1, 0.15) is 24.7 Å². The Kier molecular flexibility index (Phi) is 4.03. The second kappa shape index (κ2) is 6.63. The number of hydrogen-bond acceptors (Lipinski definition) is 2. The highest BCUT2D eigenvalue weighted by Crippen LogP contribution is 2.33. The summed E-state index contributed by atoms with van der Waals surface area (Å²) in [5.41, 5.74) is 4.62. The summed E-state index contributed by atoms with van der Waals surface area (Å²) in [4.78, 5) is 0. The van der Waals surface area contributed by atoms with Gasteiger partial charge in [0.05, 0.1) is 0 Å². The Morgan fingerprint density at radius 2 is 1.62 bits per heavy atom. The van der Waals surface area contributed by atoms with Crippen molar-refractivity contribution in [3.05, 3.63) is 101 Å². The molecule has 0 spiro atoms. The van der Waals surface area contributed by atoms with Crippen molar-refractivity contribution in [2.24, 2.45) is 0 Å². The van der Waals surface area contributed by atoms with Crippen molar-refractivity contribution < 1.29 is 9.47 Å². The summed E-state index contributed by atoms with van der Waals surface area (Å²) >= 11 is 0. The molecular weight excluding hydrogens is 296 g/mol. The predicted octanol–water partition coefficient (Wildman–Crippen LogP) is 5.29. The Morgan fingerprint density at radius 1 is 0.875 bits per heavy atom. The number of fused-ring (bicyclic) bond motifs is 1. The molecule has 2 nitrogen and oxygen atoms in total. The second-order valence-corrected chi connectivity index (χ2v) is 5.80. The van der Waals surface area contributed by atoms with E-state index in [1.807, 2.05) is 42.5 Å². The molecule has 118 valence electrons. The molecule has 0 amide bonds. The highest BCUT2D eigenvalue weighted by molar-refractivity contribution is 5.80. The van der Waals surface area contributed by atoms with Crippen molar-refractivity contribution >= 4 is 11.8 Å².